The van der Waals surface area contributed by atoms with E-state index in [2.05, 4.69) is 23.3 Å². The van der Waals surface area contributed by atoms with Gasteiger partial charge >= 0.3 is 0 Å². The van der Waals surface area contributed by atoms with Crippen LogP contribution in [0, 0.1) is 0 Å². The fourth-order valence-corrected chi connectivity index (χ4v) is 1.89. The second-order valence-corrected chi connectivity index (χ2v) is 3.85. The van der Waals surface area contributed by atoms with Crippen LogP contribution in [0.5, 0.6) is 0 Å². The molecule has 1 aromatic heterocycles. The molecule has 1 atom stereocenters. The van der Waals surface area contributed by atoms with Gasteiger partial charge in [-0.05, 0) is 45.0 Å². The summed E-state index contributed by atoms with van der Waals surface area (Å²) in [6.07, 6.45) is 4.82. The number of piperidine rings is 1. The Kier molecular flexibility index (Phi) is 3.22. The lowest BCUT2D eigenvalue weighted by atomic mass is 10.1. The number of rotatable bonds is 3. The average molecular weight is 194 g/mol. The Hall–Kier alpha value is -0.800. The van der Waals surface area contributed by atoms with Crippen LogP contribution in [0.2, 0.25) is 0 Å². The molecule has 0 radical (unpaired) electrons. The van der Waals surface area contributed by atoms with Gasteiger partial charge in [0.05, 0.1) is 12.2 Å². The van der Waals surface area contributed by atoms with Crippen molar-refractivity contribution in [3.05, 3.63) is 24.0 Å². The normalized spacial score (nSPS) is 20.9. The highest BCUT2D eigenvalue weighted by molar-refractivity contribution is 5.06. The maximum Gasteiger partial charge on any atom is 0.0948 e. The first-order valence-corrected chi connectivity index (χ1v) is 5.36. The fourth-order valence-electron chi connectivity index (χ4n) is 1.89. The first-order valence-electron chi connectivity index (χ1n) is 5.36. The lowest BCUT2D eigenvalue weighted by Crippen LogP contribution is -2.33. The molecule has 3 heteroatoms. The van der Waals surface area contributed by atoms with Gasteiger partial charge in [0.25, 0.3) is 0 Å². The summed E-state index contributed by atoms with van der Waals surface area (Å²) in [5.74, 6) is 0. The van der Waals surface area contributed by atoms with E-state index < -0.39 is 0 Å². The molecule has 0 aromatic carbocycles. The van der Waals surface area contributed by atoms with Gasteiger partial charge in [0, 0.05) is 11.9 Å². The summed E-state index contributed by atoms with van der Waals surface area (Å²) in [6, 6.07) is 4.09. The summed E-state index contributed by atoms with van der Waals surface area (Å²) in [7, 11) is 0. The Bertz CT molecular complexity index is 252. The molecular formula is C11H18N2O. The van der Waals surface area contributed by atoms with Gasteiger partial charge < -0.3 is 15.0 Å². The van der Waals surface area contributed by atoms with Crippen molar-refractivity contribution in [1.82, 2.24) is 10.3 Å². The Balaban J connectivity index is 1.84. The summed E-state index contributed by atoms with van der Waals surface area (Å²) >= 11 is 0. The Morgan fingerprint density at radius 3 is 2.86 bits per heavy atom. The van der Waals surface area contributed by atoms with Gasteiger partial charge in [-0.1, -0.05) is 0 Å². The predicted molar refractivity (Wildman–Crippen MR) is 56.2 cm³/mol. The number of aromatic nitrogens is 1. The molecule has 14 heavy (non-hydrogen) atoms. The third kappa shape index (κ3) is 2.36. The van der Waals surface area contributed by atoms with Crippen LogP contribution in [0.25, 0.3) is 0 Å². The number of hydrogen-bond acceptors (Lipinski definition) is 2. The standard InChI is InChI=1S/C11H18N2O/c1-9(11-3-2-6-13-11)14-10-4-7-12-8-5-10/h2-3,6,9-10,12-13H,4-5,7-8H2,1H3/t9-/m1/s1. The van der Waals surface area contributed by atoms with Crippen LogP contribution in [-0.2, 0) is 4.74 Å². The number of ether oxygens (including phenoxy) is 1. The minimum atomic E-state index is 0.188. The molecule has 0 aliphatic carbocycles. The zero-order chi connectivity index (χ0) is 9.80. The SMILES string of the molecule is C[C@@H](OC1CCNCC1)c1ccc[nH]1. The van der Waals surface area contributed by atoms with Crippen molar-refractivity contribution in [3.8, 4) is 0 Å². The largest absolute Gasteiger partial charge is 0.369 e. The second kappa shape index (κ2) is 4.62. The molecule has 3 nitrogen and oxygen atoms in total. The van der Waals surface area contributed by atoms with E-state index in [0.29, 0.717) is 6.10 Å². The van der Waals surface area contributed by atoms with Crippen molar-refractivity contribution >= 4 is 0 Å². The average Bonchev–Trinajstić information content (AvgIpc) is 2.72. The van der Waals surface area contributed by atoms with Crippen molar-refractivity contribution in [3.63, 3.8) is 0 Å². The van der Waals surface area contributed by atoms with Crippen LogP contribution in [0.1, 0.15) is 31.6 Å². The third-order valence-corrected chi connectivity index (χ3v) is 2.74. The maximum absolute atomic E-state index is 5.96. The zero-order valence-electron chi connectivity index (χ0n) is 8.62. The van der Waals surface area contributed by atoms with Crippen molar-refractivity contribution < 1.29 is 4.74 Å². The van der Waals surface area contributed by atoms with Gasteiger partial charge in [-0.2, -0.15) is 0 Å². The van der Waals surface area contributed by atoms with Crippen LogP contribution in [0.3, 0.4) is 0 Å². The first-order chi connectivity index (χ1) is 6.86. The Morgan fingerprint density at radius 1 is 1.43 bits per heavy atom. The van der Waals surface area contributed by atoms with Crippen LogP contribution in [0.15, 0.2) is 18.3 Å². The second-order valence-electron chi connectivity index (χ2n) is 3.85. The summed E-state index contributed by atoms with van der Waals surface area (Å²) in [5, 5.41) is 3.33. The number of aromatic amines is 1. The summed E-state index contributed by atoms with van der Waals surface area (Å²) in [4.78, 5) is 3.19. The molecule has 1 aliphatic rings. The van der Waals surface area contributed by atoms with Gasteiger partial charge in [0.15, 0.2) is 0 Å². The van der Waals surface area contributed by atoms with Crippen molar-refractivity contribution in [2.24, 2.45) is 0 Å². The number of hydrogen-bond donors (Lipinski definition) is 2. The van der Waals surface area contributed by atoms with E-state index in [1.165, 1.54) is 5.69 Å². The Morgan fingerprint density at radius 2 is 2.21 bits per heavy atom. The predicted octanol–water partition coefficient (Wildman–Crippen LogP) is 1.84. The summed E-state index contributed by atoms with van der Waals surface area (Å²) < 4.78 is 5.96. The lowest BCUT2D eigenvalue weighted by molar-refractivity contribution is -0.0203. The maximum atomic E-state index is 5.96. The van der Waals surface area contributed by atoms with Gasteiger partial charge in [-0.25, -0.2) is 0 Å². The molecule has 1 fully saturated rings. The topological polar surface area (TPSA) is 37.0 Å². The molecule has 1 aromatic rings. The van der Waals surface area contributed by atoms with Crippen molar-refractivity contribution in [2.75, 3.05) is 13.1 Å². The quantitative estimate of drug-likeness (QED) is 0.770. The summed E-state index contributed by atoms with van der Waals surface area (Å²) in [5.41, 5.74) is 1.17. The van der Waals surface area contributed by atoms with Gasteiger partial charge in [-0.15, -0.1) is 0 Å². The van der Waals surface area contributed by atoms with E-state index >= 15 is 0 Å². The summed E-state index contributed by atoms with van der Waals surface area (Å²) in [6.45, 7) is 4.28. The van der Waals surface area contributed by atoms with E-state index in [0.717, 1.165) is 25.9 Å². The van der Waals surface area contributed by atoms with E-state index in [4.69, 9.17) is 4.74 Å². The van der Waals surface area contributed by atoms with E-state index in [9.17, 15) is 0 Å². The molecule has 0 bridgehead atoms. The molecular weight excluding hydrogens is 176 g/mol. The molecule has 1 saturated heterocycles. The third-order valence-electron chi connectivity index (χ3n) is 2.74. The molecule has 0 amide bonds. The van der Waals surface area contributed by atoms with Crippen LogP contribution < -0.4 is 5.32 Å². The van der Waals surface area contributed by atoms with E-state index in [1.807, 2.05) is 12.3 Å². The highest BCUT2D eigenvalue weighted by Crippen LogP contribution is 2.20. The van der Waals surface area contributed by atoms with Crippen molar-refractivity contribution in [2.45, 2.75) is 32.0 Å². The first kappa shape index (κ1) is 9.74. The lowest BCUT2D eigenvalue weighted by Gasteiger charge is -2.25. The molecule has 2 heterocycles. The van der Waals surface area contributed by atoms with Crippen LogP contribution >= 0.6 is 0 Å². The van der Waals surface area contributed by atoms with Crippen LogP contribution in [0.4, 0.5) is 0 Å². The molecule has 2 rings (SSSR count). The molecule has 0 saturated carbocycles. The fraction of sp³-hybridized carbons (Fsp3) is 0.636. The van der Waals surface area contributed by atoms with Gasteiger partial charge in [-0.3, -0.25) is 0 Å². The Labute approximate surface area is 84.9 Å². The molecule has 0 spiro atoms. The highest BCUT2D eigenvalue weighted by atomic mass is 16.5. The molecule has 2 N–H and O–H groups in total. The van der Waals surface area contributed by atoms with Crippen LogP contribution in [-0.4, -0.2) is 24.2 Å². The molecule has 1 aliphatic heterocycles. The van der Waals surface area contributed by atoms with E-state index in [1.54, 1.807) is 0 Å². The van der Waals surface area contributed by atoms with Gasteiger partial charge in [0.2, 0.25) is 0 Å². The zero-order valence-corrected chi connectivity index (χ0v) is 8.62. The minimum absolute atomic E-state index is 0.188. The molecule has 78 valence electrons. The smallest absolute Gasteiger partial charge is 0.0948 e. The number of H-pyrrole nitrogens is 1. The minimum Gasteiger partial charge on any atom is -0.369 e. The number of nitrogens with one attached hydrogen (secondary N) is 2. The highest BCUT2D eigenvalue weighted by Gasteiger charge is 2.17. The van der Waals surface area contributed by atoms with E-state index in [-0.39, 0.29) is 6.10 Å². The van der Waals surface area contributed by atoms with Crippen molar-refractivity contribution in [1.29, 1.82) is 0 Å². The molecule has 0 unspecified atom stereocenters. The monoisotopic (exact) mass is 194 g/mol. The van der Waals surface area contributed by atoms with Gasteiger partial charge in [0.1, 0.15) is 0 Å².